The number of aromatic nitrogens is 1. The predicted octanol–water partition coefficient (Wildman–Crippen LogP) is 4.61. The van der Waals surface area contributed by atoms with E-state index in [2.05, 4.69) is 4.98 Å². The van der Waals surface area contributed by atoms with Gasteiger partial charge in [-0.15, -0.1) is 0 Å². The molecule has 21 heavy (non-hydrogen) atoms. The van der Waals surface area contributed by atoms with E-state index in [1.54, 1.807) is 0 Å². The van der Waals surface area contributed by atoms with Crippen molar-refractivity contribution in [3.8, 4) is 0 Å². The summed E-state index contributed by atoms with van der Waals surface area (Å²) in [5.41, 5.74) is -5.25. The maximum Gasteiger partial charge on any atom is 0.422 e. The second-order valence-electron chi connectivity index (χ2n) is 4.67. The SMILES string of the molecule is CC(O)(c1cc2cc(Cl)c(C(F)(F)F)cc2[nH]1)C(F)(F)F. The van der Waals surface area contributed by atoms with E-state index < -0.39 is 34.2 Å². The number of hydrogen-bond donors (Lipinski definition) is 2. The third-order valence-corrected chi connectivity index (χ3v) is 3.40. The number of benzene rings is 1. The molecule has 1 unspecified atom stereocenters. The minimum absolute atomic E-state index is 0.0347. The van der Waals surface area contributed by atoms with Crippen molar-refractivity contribution < 1.29 is 31.4 Å². The third-order valence-electron chi connectivity index (χ3n) is 3.09. The van der Waals surface area contributed by atoms with Gasteiger partial charge in [0.2, 0.25) is 0 Å². The molecule has 2 N–H and O–H groups in total. The van der Waals surface area contributed by atoms with Crippen molar-refractivity contribution in [1.82, 2.24) is 4.98 Å². The zero-order valence-corrected chi connectivity index (χ0v) is 11.1. The van der Waals surface area contributed by atoms with E-state index in [0.717, 1.165) is 12.1 Å². The molecule has 0 saturated heterocycles. The molecule has 0 amide bonds. The van der Waals surface area contributed by atoms with Gasteiger partial charge < -0.3 is 10.1 Å². The Hall–Kier alpha value is -1.41. The lowest BCUT2D eigenvalue weighted by atomic mass is 10.0. The number of alkyl halides is 6. The summed E-state index contributed by atoms with van der Waals surface area (Å²) in [7, 11) is 0. The van der Waals surface area contributed by atoms with Crippen molar-refractivity contribution >= 4 is 22.5 Å². The summed E-state index contributed by atoms with van der Waals surface area (Å²) < 4.78 is 76.2. The van der Waals surface area contributed by atoms with Crippen molar-refractivity contribution in [1.29, 1.82) is 0 Å². The minimum atomic E-state index is -4.98. The summed E-state index contributed by atoms with van der Waals surface area (Å²) in [5, 5.41) is 8.91. The fourth-order valence-corrected chi connectivity index (χ4v) is 2.06. The fourth-order valence-electron chi connectivity index (χ4n) is 1.79. The second kappa shape index (κ2) is 4.54. The molecule has 9 heteroatoms. The molecule has 2 rings (SSSR count). The van der Waals surface area contributed by atoms with Crippen LogP contribution in [0, 0.1) is 0 Å². The number of nitrogens with one attached hydrogen (secondary N) is 1. The van der Waals surface area contributed by atoms with Crippen LogP contribution in [0.5, 0.6) is 0 Å². The molecular weight excluding hydrogens is 324 g/mol. The Kier molecular flexibility index (Phi) is 3.45. The summed E-state index contributed by atoms with van der Waals surface area (Å²) in [6.45, 7) is 0.504. The summed E-state index contributed by atoms with van der Waals surface area (Å²) >= 11 is 5.48. The molecule has 0 aliphatic rings. The van der Waals surface area contributed by atoms with Crippen molar-refractivity contribution in [2.24, 2.45) is 0 Å². The third kappa shape index (κ3) is 2.69. The van der Waals surface area contributed by atoms with E-state index in [4.69, 9.17) is 11.6 Å². The molecule has 0 aliphatic carbocycles. The van der Waals surface area contributed by atoms with Crippen LogP contribution in [-0.4, -0.2) is 16.3 Å². The molecule has 0 spiro atoms. The van der Waals surface area contributed by atoms with Gasteiger partial charge in [0.05, 0.1) is 16.3 Å². The van der Waals surface area contributed by atoms with Crippen LogP contribution >= 0.6 is 11.6 Å². The van der Waals surface area contributed by atoms with Gasteiger partial charge in [-0.3, -0.25) is 0 Å². The standard InChI is InChI=1S/C12H8ClF6NO/c1-10(21,12(17,18)19)9-3-5-2-7(13)6(11(14,15)16)4-8(5)20-9/h2-4,20-21H,1H3. The highest BCUT2D eigenvalue weighted by Gasteiger charge is 2.52. The van der Waals surface area contributed by atoms with Gasteiger partial charge in [0.15, 0.2) is 5.60 Å². The highest BCUT2D eigenvalue weighted by molar-refractivity contribution is 6.32. The number of hydrogen-bond acceptors (Lipinski definition) is 1. The van der Waals surface area contributed by atoms with Crippen LogP contribution in [-0.2, 0) is 11.8 Å². The van der Waals surface area contributed by atoms with Crippen LogP contribution in [0.1, 0.15) is 18.2 Å². The van der Waals surface area contributed by atoms with Crippen LogP contribution < -0.4 is 0 Å². The minimum Gasteiger partial charge on any atom is -0.375 e. The molecule has 0 fully saturated rings. The first-order valence-electron chi connectivity index (χ1n) is 5.53. The lowest BCUT2D eigenvalue weighted by Gasteiger charge is -2.24. The Bertz CT molecular complexity index is 685. The quantitative estimate of drug-likeness (QED) is 0.736. The summed E-state index contributed by atoms with van der Waals surface area (Å²) in [6, 6.07) is 2.41. The van der Waals surface area contributed by atoms with Gasteiger partial charge in [0.25, 0.3) is 0 Å². The number of aromatic amines is 1. The number of rotatable bonds is 1. The van der Waals surface area contributed by atoms with Crippen LogP contribution in [0.4, 0.5) is 26.3 Å². The lowest BCUT2D eigenvalue weighted by molar-refractivity contribution is -0.260. The Labute approximate surface area is 119 Å². The van der Waals surface area contributed by atoms with Crippen molar-refractivity contribution in [2.45, 2.75) is 24.9 Å². The molecule has 0 radical (unpaired) electrons. The van der Waals surface area contributed by atoms with Gasteiger partial charge in [-0.05, 0) is 25.1 Å². The summed E-state index contributed by atoms with van der Waals surface area (Å²) in [4.78, 5) is 2.15. The van der Waals surface area contributed by atoms with Crippen LogP contribution in [0.3, 0.4) is 0 Å². The van der Waals surface area contributed by atoms with Gasteiger partial charge >= 0.3 is 12.4 Å². The number of fused-ring (bicyclic) bond motifs is 1. The molecular formula is C12H8ClF6NO. The van der Waals surface area contributed by atoms with E-state index in [1.165, 1.54) is 0 Å². The molecule has 2 nitrogen and oxygen atoms in total. The average Bonchev–Trinajstić information content (AvgIpc) is 2.68. The van der Waals surface area contributed by atoms with Gasteiger partial charge in [0.1, 0.15) is 0 Å². The van der Waals surface area contributed by atoms with E-state index in [1.807, 2.05) is 0 Å². The van der Waals surface area contributed by atoms with E-state index >= 15 is 0 Å². The average molecular weight is 332 g/mol. The largest absolute Gasteiger partial charge is 0.422 e. The summed E-state index contributed by atoms with van der Waals surface area (Å²) in [6.07, 6.45) is -9.71. The van der Waals surface area contributed by atoms with Crippen molar-refractivity contribution in [3.05, 3.63) is 34.5 Å². The van der Waals surface area contributed by atoms with E-state index in [-0.39, 0.29) is 10.9 Å². The van der Waals surface area contributed by atoms with Crippen molar-refractivity contribution in [2.75, 3.05) is 0 Å². The van der Waals surface area contributed by atoms with Crippen LogP contribution in [0.25, 0.3) is 10.9 Å². The first-order chi connectivity index (χ1) is 9.34. The highest BCUT2D eigenvalue weighted by Crippen LogP contribution is 2.41. The Morgan fingerprint density at radius 1 is 1.05 bits per heavy atom. The molecule has 0 aliphatic heterocycles. The highest BCUT2D eigenvalue weighted by atomic mass is 35.5. The predicted molar refractivity (Wildman–Crippen MR) is 63.9 cm³/mol. The number of H-pyrrole nitrogens is 1. The molecule has 1 atom stereocenters. The smallest absolute Gasteiger partial charge is 0.375 e. The second-order valence-corrected chi connectivity index (χ2v) is 5.08. The Morgan fingerprint density at radius 2 is 1.62 bits per heavy atom. The topological polar surface area (TPSA) is 36.0 Å². The summed E-state index contributed by atoms with van der Waals surface area (Å²) in [5.74, 6) is 0. The van der Waals surface area contributed by atoms with Crippen LogP contribution in [0.15, 0.2) is 18.2 Å². The Morgan fingerprint density at radius 3 is 2.10 bits per heavy atom. The number of halogens is 7. The first-order valence-corrected chi connectivity index (χ1v) is 5.91. The monoisotopic (exact) mass is 331 g/mol. The maximum absolute atomic E-state index is 12.7. The molecule has 0 bridgehead atoms. The van der Waals surface area contributed by atoms with E-state index in [0.29, 0.717) is 13.0 Å². The molecule has 1 aromatic carbocycles. The molecule has 0 saturated carbocycles. The lowest BCUT2D eigenvalue weighted by Crippen LogP contribution is -2.39. The van der Waals surface area contributed by atoms with Gasteiger partial charge in [-0.1, -0.05) is 11.6 Å². The normalized spacial score (nSPS) is 16.2. The fraction of sp³-hybridized carbons (Fsp3) is 0.333. The van der Waals surface area contributed by atoms with Gasteiger partial charge in [-0.25, -0.2) is 0 Å². The van der Waals surface area contributed by atoms with Gasteiger partial charge in [0, 0.05) is 10.9 Å². The maximum atomic E-state index is 12.7. The molecule has 1 heterocycles. The Balaban J connectivity index is 2.63. The van der Waals surface area contributed by atoms with Crippen molar-refractivity contribution in [3.63, 3.8) is 0 Å². The first kappa shape index (κ1) is 16.0. The van der Waals surface area contributed by atoms with E-state index in [9.17, 15) is 31.4 Å². The van der Waals surface area contributed by atoms with Gasteiger partial charge in [-0.2, -0.15) is 26.3 Å². The van der Waals surface area contributed by atoms with Crippen LogP contribution in [0.2, 0.25) is 5.02 Å². The molecule has 1 aromatic heterocycles. The zero-order valence-electron chi connectivity index (χ0n) is 10.3. The zero-order chi connectivity index (χ0) is 16.2. The number of aliphatic hydroxyl groups is 1. The molecule has 116 valence electrons. The molecule has 2 aromatic rings.